The van der Waals surface area contributed by atoms with E-state index in [9.17, 15) is 19.2 Å². The van der Waals surface area contributed by atoms with E-state index >= 15 is 0 Å². The molecule has 180 valence electrons. The summed E-state index contributed by atoms with van der Waals surface area (Å²) in [6.45, 7) is 4.46. The van der Waals surface area contributed by atoms with Gasteiger partial charge in [0.1, 0.15) is 5.54 Å². The Labute approximate surface area is 207 Å². The minimum atomic E-state index is -1.25. The second-order valence-corrected chi connectivity index (χ2v) is 9.91. The summed E-state index contributed by atoms with van der Waals surface area (Å²) >= 11 is 6.34. The maximum absolute atomic E-state index is 14.0. The second kappa shape index (κ2) is 7.63. The van der Waals surface area contributed by atoms with Crippen molar-refractivity contribution in [1.82, 2.24) is 4.90 Å². The third-order valence-corrected chi connectivity index (χ3v) is 8.41. The highest BCUT2D eigenvalue weighted by Gasteiger charge is 2.74. The Bertz CT molecular complexity index is 1310. The van der Waals surface area contributed by atoms with Crippen LogP contribution in [0.5, 0.6) is 0 Å². The van der Waals surface area contributed by atoms with Crippen molar-refractivity contribution in [3.8, 4) is 0 Å². The average molecular weight is 494 g/mol. The van der Waals surface area contributed by atoms with Crippen LogP contribution in [0.2, 0.25) is 5.02 Å². The van der Waals surface area contributed by atoms with E-state index in [-0.39, 0.29) is 24.5 Å². The molecule has 9 heteroatoms. The summed E-state index contributed by atoms with van der Waals surface area (Å²) in [5, 5.41) is 3.52. The number of nitrogens with one attached hydrogen (secondary N) is 1. The highest BCUT2D eigenvalue weighted by Crippen LogP contribution is 2.61. The van der Waals surface area contributed by atoms with Gasteiger partial charge >= 0.3 is 5.97 Å². The van der Waals surface area contributed by atoms with Gasteiger partial charge in [0.05, 0.1) is 35.4 Å². The van der Waals surface area contributed by atoms with Crippen molar-refractivity contribution < 1.29 is 23.9 Å². The first-order chi connectivity index (χ1) is 16.8. The van der Waals surface area contributed by atoms with Gasteiger partial charge in [-0.2, -0.15) is 0 Å². The number of fused-ring (bicyclic) bond motifs is 7. The topological polar surface area (TPSA) is 96.0 Å². The van der Waals surface area contributed by atoms with Crippen molar-refractivity contribution in [2.75, 3.05) is 23.4 Å². The maximum atomic E-state index is 14.0. The Kier molecular flexibility index (Phi) is 4.85. The lowest BCUT2D eigenvalue weighted by Gasteiger charge is -2.36. The summed E-state index contributed by atoms with van der Waals surface area (Å²) in [5.74, 6) is -2.91. The fourth-order valence-electron chi connectivity index (χ4n) is 6.61. The molecule has 0 aromatic heterocycles. The largest absolute Gasteiger partial charge is 0.462 e. The molecule has 4 aliphatic heterocycles. The summed E-state index contributed by atoms with van der Waals surface area (Å²) in [6, 6.07) is 9.61. The highest BCUT2D eigenvalue weighted by molar-refractivity contribution is 6.32. The van der Waals surface area contributed by atoms with E-state index in [1.54, 1.807) is 37.3 Å². The third-order valence-electron chi connectivity index (χ3n) is 8.00. The molecular formula is C26H24ClN3O5. The van der Waals surface area contributed by atoms with Crippen molar-refractivity contribution >= 4 is 46.7 Å². The first-order valence-electron chi connectivity index (χ1n) is 11.8. The number of rotatable bonds is 3. The highest BCUT2D eigenvalue weighted by atomic mass is 35.5. The van der Waals surface area contributed by atoms with Crippen LogP contribution >= 0.6 is 11.6 Å². The molecule has 35 heavy (non-hydrogen) atoms. The molecule has 1 spiro atoms. The Morgan fingerprint density at radius 2 is 1.89 bits per heavy atom. The van der Waals surface area contributed by atoms with Gasteiger partial charge in [-0.3, -0.25) is 19.3 Å². The molecule has 6 rings (SSSR count). The van der Waals surface area contributed by atoms with Gasteiger partial charge in [-0.1, -0.05) is 17.7 Å². The minimum absolute atomic E-state index is 0.201. The van der Waals surface area contributed by atoms with Crippen LogP contribution in [0.15, 0.2) is 36.4 Å². The monoisotopic (exact) mass is 493 g/mol. The number of esters is 1. The number of ether oxygens (including phenoxy) is 1. The predicted molar refractivity (Wildman–Crippen MR) is 128 cm³/mol. The van der Waals surface area contributed by atoms with E-state index in [2.05, 4.69) is 10.2 Å². The minimum Gasteiger partial charge on any atom is -0.462 e. The predicted octanol–water partition coefficient (Wildman–Crippen LogP) is 3.26. The van der Waals surface area contributed by atoms with Crippen LogP contribution in [0.4, 0.5) is 11.4 Å². The van der Waals surface area contributed by atoms with Gasteiger partial charge in [0.2, 0.25) is 17.7 Å². The molecule has 4 aliphatic rings. The lowest BCUT2D eigenvalue weighted by Crippen LogP contribution is -2.54. The molecule has 4 atom stereocenters. The van der Waals surface area contributed by atoms with Crippen molar-refractivity contribution in [2.24, 2.45) is 11.8 Å². The molecule has 1 N–H and O–H groups in total. The molecule has 0 unspecified atom stereocenters. The van der Waals surface area contributed by atoms with Crippen LogP contribution < -0.4 is 10.2 Å². The molecular weight excluding hydrogens is 470 g/mol. The number of hydrogen-bond donors (Lipinski definition) is 1. The van der Waals surface area contributed by atoms with Gasteiger partial charge in [0.15, 0.2) is 0 Å². The zero-order valence-corrected chi connectivity index (χ0v) is 20.1. The number of hydrogen-bond acceptors (Lipinski definition) is 6. The van der Waals surface area contributed by atoms with E-state index in [0.29, 0.717) is 34.1 Å². The third kappa shape index (κ3) is 2.72. The number of carbonyl (C=O) groups is 4. The normalized spacial score (nSPS) is 28.9. The SMILES string of the molecule is CCOC(=O)c1ccc(N2C(=O)[C@@H]3[C@@H]4CCCN4[C@@]4(C(=O)Nc5c4ccc(Cl)c5C)[C@H]3C2=O)cc1. The van der Waals surface area contributed by atoms with Crippen LogP contribution in [0.25, 0.3) is 0 Å². The number of benzene rings is 2. The van der Waals surface area contributed by atoms with Crippen molar-refractivity contribution in [2.45, 2.75) is 38.3 Å². The smallest absolute Gasteiger partial charge is 0.338 e. The van der Waals surface area contributed by atoms with E-state index < -0.39 is 29.3 Å². The van der Waals surface area contributed by atoms with Gasteiger partial charge < -0.3 is 10.1 Å². The number of imide groups is 1. The first-order valence-corrected chi connectivity index (χ1v) is 12.2. The quantitative estimate of drug-likeness (QED) is 0.521. The summed E-state index contributed by atoms with van der Waals surface area (Å²) < 4.78 is 5.02. The molecule has 3 fully saturated rings. The molecule has 0 radical (unpaired) electrons. The summed E-state index contributed by atoms with van der Waals surface area (Å²) in [7, 11) is 0. The van der Waals surface area contributed by atoms with Gasteiger partial charge in [-0.25, -0.2) is 9.69 Å². The number of amides is 3. The fraction of sp³-hybridized carbons (Fsp3) is 0.385. The zero-order chi connectivity index (χ0) is 24.6. The maximum Gasteiger partial charge on any atom is 0.338 e. The average Bonchev–Trinajstić information content (AvgIpc) is 3.55. The van der Waals surface area contributed by atoms with Crippen molar-refractivity contribution in [1.29, 1.82) is 0 Å². The molecule has 8 nitrogen and oxygen atoms in total. The molecule has 0 saturated carbocycles. The number of carbonyl (C=O) groups excluding carboxylic acids is 4. The van der Waals surface area contributed by atoms with E-state index in [1.165, 1.54) is 4.90 Å². The lowest BCUT2D eigenvalue weighted by molar-refractivity contribution is -0.135. The van der Waals surface area contributed by atoms with Gasteiger partial charge in [0.25, 0.3) is 0 Å². The van der Waals surface area contributed by atoms with Crippen LogP contribution in [-0.2, 0) is 24.7 Å². The molecule has 0 bridgehead atoms. The van der Waals surface area contributed by atoms with Gasteiger partial charge in [0, 0.05) is 16.6 Å². The Morgan fingerprint density at radius 3 is 2.60 bits per heavy atom. The van der Waals surface area contributed by atoms with Gasteiger partial charge in [-0.15, -0.1) is 0 Å². The Hall–Kier alpha value is -3.23. The summed E-state index contributed by atoms with van der Waals surface area (Å²) in [6.07, 6.45) is 1.59. The molecule has 0 aliphatic carbocycles. The molecule has 3 amide bonds. The number of nitrogens with zero attached hydrogens (tertiary/aromatic N) is 2. The summed E-state index contributed by atoms with van der Waals surface area (Å²) in [5.41, 5.74) is 1.56. The number of halogens is 1. The standard InChI is InChI=1S/C26H24ClN3O5/c1-3-35-24(33)14-6-8-15(9-7-14)30-22(31)19-18-5-4-12-29(18)26(20(19)23(30)32)16-10-11-17(27)13(2)21(16)28-25(26)34/h6-11,18-20H,3-5,12H2,1-2H3,(H,28,34)/t18-,19+,20+,26+/m0/s1. The first kappa shape index (κ1) is 22.2. The van der Waals surface area contributed by atoms with E-state index in [0.717, 1.165) is 18.4 Å². The lowest BCUT2D eigenvalue weighted by atomic mass is 9.75. The van der Waals surface area contributed by atoms with E-state index in [1.807, 2.05) is 13.0 Å². The molecule has 2 aromatic carbocycles. The molecule has 3 saturated heterocycles. The second-order valence-electron chi connectivity index (χ2n) is 9.50. The van der Waals surface area contributed by atoms with Gasteiger partial charge in [-0.05, 0) is 69.1 Å². The van der Waals surface area contributed by atoms with Crippen LogP contribution in [-0.4, -0.2) is 47.8 Å². The van der Waals surface area contributed by atoms with E-state index in [4.69, 9.17) is 16.3 Å². The molecule has 2 aromatic rings. The Balaban J connectivity index is 1.46. The van der Waals surface area contributed by atoms with Crippen molar-refractivity contribution in [3.63, 3.8) is 0 Å². The Morgan fingerprint density at radius 1 is 1.14 bits per heavy atom. The number of anilines is 2. The van der Waals surface area contributed by atoms with Crippen LogP contribution in [0, 0.1) is 18.8 Å². The molecule has 4 heterocycles. The van der Waals surface area contributed by atoms with Crippen molar-refractivity contribution in [3.05, 3.63) is 58.1 Å². The fourth-order valence-corrected chi connectivity index (χ4v) is 6.76. The summed E-state index contributed by atoms with van der Waals surface area (Å²) in [4.78, 5) is 56.8. The van der Waals surface area contributed by atoms with Crippen LogP contribution in [0.3, 0.4) is 0 Å². The van der Waals surface area contributed by atoms with Crippen LogP contribution in [0.1, 0.15) is 41.3 Å². The zero-order valence-electron chi connectivity index (χ0n) is 19.3.